The molecule has 0 bridgehead atoms. The van der Waals surface area contributed by atoms with Gasteiger partial charge in [0.2, 0.25) is 0 Å². The summed E-state index contributed by atoms with van der Waals surface area (Å²) in [6.07, 6.45) is 3.48. The molecule has 0 heterocycles. The van der Waals surface area contributed by atoms with Gasteiger partial charge in [-0.1, -0.05) is 42.5 Å². The maximum Gasteiger partial charge on any atom is 0.185 e. The molecule has 0 fully saturated rings. The zero-order valence-corrected chi connectivity index (χ0v) is 8.59. The minimum Gasteiger partial charge on any atom is -0.290 e. The summed E-state index contributed by atoms with van der Waals surface area (Å²) in [7, 11) is 0. The minimum absolute atomic E-state index is 0.0166. The van der Waals surface area contributed by atoms with Crippen molar-refractivity contribution in [1.82, 2.24) is 0 Å². The summed E-state index contributed by atoms with van der Waals surface area (Å²) in [6.45, 7) is 0. The van der Waals surface area contributed by atoms with Crippen LogP contribution < -0.4 is 0 Å². The van der Waals surface area contributed by atoms with Gasteiger partial charge in [-0.2, -0.15) is 0 Å². The lowest BCUT2D eigenvalue weighted by atomic mass is 10.1. The second-order valence-electron chi connectivity index (χ2n) is 3.44. The van der Waals surface area contributed by atoms with Gasteiger partial charge in [0.15, 0.2) is 11.5 Å². The number of para-hydroxylation sites is 1. The van der Waals surface area contributed by atoms with Crippen molar-refractivity contribution in [2.24, 2.45) is 0 Å². The second kappa shape index (κ2) is 4.53. The summed E-state index contributed by atoms with van der Waals surface area (Å²) >= 11 is 0. The summed E-state index contributed by atoms with van der Waals surface area (Å²) in [5.74, 6) is -0.0467. The molecule has 78 valence electrons. The molecule has 0 amide bonds. The Labute approximate surface area is 94.1 Å². The van der Waals surface area contributed by atoms with E-state index in [1.165, 1.54) is 18.2 Å². The Balaban J connectivity index is 2.25. The van der Waals surface area contributed by atoms with E-state index in [4.69, 9.17) is 0 Å². The Morgan fingerprint density at radius 3 is 2.38 bits per heavy atom. The first-order valence-corrected chi connectivity index (χ1v) is 4.97. The van der Waals surface area contributed by atoms with Crippen LogP contribution in [0.2, 0.25) is 0 Å². The number of hydrogen-bond acceptors (Lipinski definition) is 0. The van der Waals surface area contributed by atoms with Gasteiger partial charge in [-0.15, -0.1) is 0 Å². The molecule has 2 heteroatoms. The monoisotopic (exact) mass is 210 g/mol. The summed E-state index contributed by atoms with van der Waals surface area (Å²) in [5.41, 5.74) is 1.43. The molecule has 2 rings (SSSR count). The largest absolute Gasteiger partial charge is 0.290 e. The third-order valence-corrected chi connectivity index (χ3v) is 2.23. The highest BCUT2D eigenvalue weighted by molar-refractivity contribution is 5.72. The third kappa shape index (κ3) is 2.42. The first kappa shape index (κ1) is 10.3. The average molecular weight is 210 g/mol. The molecule has 2 nitrogen and oxygen atoms in total. The fraction of sp³-hybridized carbons (Fsp3) is 0. The maximum atomic E-state index is 11.4. The molecule has 0 unspecified atom stereocenters. The lowest BCUT2D eigenvalue weighted by Crippen LogP contribution is -1.73. The van der Waals surface area contributed by atoms with Crippen molar-refractivity contribution in [3.8, 4) is 11.5 Å². The van der Waals surface area contributed by atoms with Gasteiger partial charge in [-0.25, -0.2) is 0 Å². The van der Waals surface area contributed by atoms with Crippen molar-refractivity contribution >= 4 is 12.2 Å². The molecular formula is C14H10O2. The number of hydrogen-bond donors (Lipinski definition) is 0. The topological polar surface area (TPSA) is 39.8 Å². The van der Waals surface area contributed by atoms with Crippen molar-refractivity contribution in [3.63, 3.8) is 0 Å². The van der Waals surface area contributed by atoms with Crippen molar-refractivity contribution in [1.29, 1.82) is 0 Å². The highest BCUT2D eigenvalue weighted by atomic mass is 16.3. The standard InChI is InChI=1S/C14H10O2/c15-13-6-3-4-11(10-13)8-9-12-5-1-2-7-14(12)16/h1-10H/b9-8+. The summed E-state index contributed by atoms with van der Waals surface area (Å²) < 4.78 is 0. The van der Waals surface area contributed by atoms with Crippen LogP contribution in [-0.4, -0.2) is 0 Å². The third-order valence-electron chi connectivity index (χ3n) is 2.23. The van der Waals surface area contributed by atoms with Gasteiger partial charge in [-0.3, -0.25) is 10.2 Å². The van der Waals surface area contributed by atoms with Crippen molar-refractivity contribution in [2.75, 3.05) is 0 Å². The first-order chi connectivity index (χ1) is 7.75. The highest BCUT2D eigenvalue weighted by Gasteiger charge is 1.96. The molecule has 0 N–H and O–H groups in total. The molecule has 0 saturated carbocycles. The Morgan fingerprint density at radius 1 is 0.812 bits per heavy atom. The van der Waals surface area contributed by atoms with Crippen molar-refractivity contribution < 1.29 is 10.2 Å². The van der Waals surface area contributed by atoms with Gasteiger partial charge in [-0.05, 0) is 23.8 Å². The van der Waals surface area contributed by atoms with Crippen LogP contribution in [0.1, 0.15) is 11.1 Å². The molecule has 0 spiro atoms. The van der Waals surface area contributed by atoms with E-state index in [0.29, 0.717) is 5.56 Å². The normalized spacial score (nSPS) is 10.8. The van der Waals surface area contributed by atoms with Crippen molar-refractivity contribution in [2.45, 2.75) is 0 Å². The molecule has 0 aliphatic heterocycles. The van der Waals surface area contributed by atoms with E-state index < -0.39 is 0 Å². The van der Waals surface area contributed by atoms with E-state index in [1.54, 1.807) is 30.4 Å². The Hall–Kier alpha value is -2.22. The quantitative estimate of drug-likeness (QED) is 0.668. The van der Waals surface area contributed by atoms with E-state index in [2.05, 4.69) is 0 Å². The predicted octanol–water partition coefficient (Wildman–Crippen LogP) is 4.14. The Morgan fingerprint density at radius 2 is 1.62 bits per heavy atom. The van der Waals surface area contributed by atoms with Gasteiger partial charge in [0, 0.05) is 5.56 Å². The lowest BCUT2D eigenvalue weighted by molar-refractivity contribution is 0.354. The van der Waals surface area contributed by atoms with E-state index in [1.807, 2.05) is 12.1 Å². The predicted molar refractivity (Wildman–Crippen MR) is 62.1 cm³/mol. The molecule has 0 atom stereocenters. The van der Waals surface area contributed by atoms with Gasteiger partial charge >= 0.3 is 0 Å². The second-order valence-corrected chi connectivity index (χ2v) is 3.44. The average Bonchev–Trinajstić information content (AvgIpc) is 2.28. The molecule has 2 aromatic rings. The fourth-order valence-corrected chi connectivity index (χ4v) is 1.42. The SMILES string of the molecule is [O]c1cccc(/C=C/c2ccccc2[O])c1. The molecule has 2 radical (unpaired) electrons. The Bertz CT molecular complexity index is 516. The highest BCUT2D eigenvalue weighted by Crippen LogP contribution is 2.20. The van der Waals surface area contributed by atoms with Crippen LogP contribution in [0.5, 0.6) is 11.5 Å². The molecule has 0 aliphatic rings. The zero-order valence-electron chi connectivity index (χ0n) is 8.59. The molecule has 16 heavy (non-hydrogen) atoms. The van der Waals surface area contributed by atoms with Crippen LogP contribution >= 0.6 is 0 Å². The number of benzene rings is 2. The van der Waals surface area contributed by atoms with Crippen LogP contribution in [-0.2, 0) is 10.2 Å². The van der Waals surface area contributed by atoms with E-state index in [9.17, 15) is 10.2 Å². The summed E-state index contributed by atoms with van der Waals surface area (Å²) in [6, 6.07) is 13.3. The van der Waals surface area contributed by atoms with Gasteiger partial charge < -0.3 is 0 Å². The van der Waals surface area contributed by atoms with E-state index >= 15 is 0 Å². The fourth-order valence-electron chi connectivity index (χ4n) is 1.42. The molecule has 0 aliphatic carbocycles. The maximum absolute atomic E-state index is 11.4. The van der Waals surface area contributed by atoms with Crippen molar-refractivity contribution in [3.05, 3.63) is 59.7 Å². The van der Waals surface area contributed by atoms with Gasteiger partial charge in [0.05, 0.1) is 0 Å². The minimum atomic E-state index is -0.0300. The van der Waals surface area contributed by atoms with E-state index in [-0.39, 0.29) is 11.5 Å². The molecule has 2 aromatic carbocycles. The smallest absolute Gasteiger partial charge is 0.185 e. The summed E-state index contributed by atoms with van der Waals surface area (Å²) in [4.78, 5) is 0. The van der Waals surface area contributed by atoms with Crippen LogP contribution in [0, 0.1) is 0 Å². The molecule has 0 saturated heterocycles. The zero-order chi connectivity index (χ0) is 11.4. The van der Waals surface area contributed by atoms with Gasteiger partial charge in [0.25, 0.3) is 0 Å². The van der Waals surface area contributed by atoms with Crippen LogP contribution in [0.15, 0.2) is 48.5 Å². The first-order valence-electron chi connectivity index (χ1n) is 4.97. The summed E-state index contributed by atoms with van der Waals surface area (Å²) in [5, 5.41) is 22.5. The van der Waals surface area contributed by atoms with Gasteiger partial charge in [0.1, 0.15) is 0 Å². The van der Waals surface area contributed by atoms with E-state index in [0.717, 1.165) is 5.56 Å². The Kier molecular flexibility index (Phi) is 2.92. The molecule has 0 aromatic heterocycles. The lowest BCUT2D eigenvalue weighted by Gasteiger charge is -1.95. The van der Waals surface area contributed by atoms with Crippen LogP contribution in [0.25, 0.3) is 12.2 Å². The molecular weight excluding hydrogens is 200 g/mol. The van der Waals surface area contributed by atoms with Crippen LogP contribution in [0.3, 0.4) is 0 Å². The van der Waals surface area contributed by atoms with Crippen LogP contribution in [0.4, 0.5) is 0 Å². The number of rotatable bonds is 2.